The van der Waals surface area contributed by atoms with Gasteiger partial charge < -0.3 is 37.8 Å². The molecule has 1 saturated heterocycles. The van der Waals surface area contributed by atoms with Crippen LogP contribution in [0.2, 0.25) is 0 Å². The van der Waals surface area contributed by atoms with Gasteiger partial charge in [-0.2, -0.15) is 0 Å². The molecule has 1 aliphatic heterocycles. The predicted molar refractivity (Wildman–Crippen MR) is 276 cm³/mol. The second-order valence-electron chi connectivity index (χ2n) is 17.5. The Kier molecular flexibility index (Phi) is 20.3. The van der Waals surface area contributed by atoms with Gasteiger partial charge in [0.05, 0.1) is 28.3 Å². The summed E-state index contributed by atoms with van der Waals surface area (Å²) in [6.45, 7) is 0.359. The normalized spacial score (nSPS) is 14.8. The number of halogens is 7. The Morgan fingerprint density at radius 2 is 1.23 bits per heavy atom. The van der Waals surface area contributed by atoms with Gasteiger partial charge in [0.2, 0.25) is 5.91 Å². The van der Waals surface area contributed by atoms with Crippen molar-refractivity contribution in [1.82, 2.24) is 15.2 Å². The van der Waals surface area contributed by atoms with Gasteiger partial charge in [-0.25, -0.2) is 9.69 Å². The van der Waals surface area contributed by atoms with Crippen molar-refractivity contribution in [2.75, 3.05) is 6.61 Å². The smallest absolute Gasteiger partial charge is 0.489 e. The first-order chi connectivity index (χ1) is 36.4. The molecule has 21 heteroatoms. The van der Waals surface area contributed by atoms with Crippen LogP contribution in [0.4, 0.5) is 31.1 Å². The number of carboxylic acid groups (broad SMARTS) is 1. The number of allylic oxidation sites excluding steroid dienone is 2. The highest BCUT2D eigenvalue weighted by Crippen LogP contribution is 2.38. The Hall–Kier alpha value is -8.07. The predicted octanol–water partition coefficient (Wildman–Crippen LogP) is 14.6. The number of imide groups is 1. The van der Waals surface area contributed by atoms with Crippen molar-refractivity contribution in [1.29, 1.82) is 0 Å². The van der Waals surface area contributed by atoms with E-state index in [0.717, 1.165) is 35.1 Å². The molecule has 2 aliphatic rings. The first-order valence-corrected chi connectivity index (χ1v) is 24.4. The molecule has 14 nitrogen and oxygen atoms in total. The van der Waals surface area contributed by atoms with E-state index in [1.807, 2.05) is 36.4 Å². The zero-order chi connectivity index (χ0) is 53.8. The van der Waals surface area contributed by atoms with Crippen molar-refractivity contribution in [2.24, 2.45) is 0 Å². The number of cyclic esters (lactones) is 1. The molecule has 2 aromatic heterocycles. The molecule has 7 aromatic rings. The lowest BCUT2D eigenvalue weighted by Crippen LogP contribution is -2.40. The van der Waals surface area contributed by atoms with Crippen LogP contribution in [-0.4, -0.2) is 63.7 Å². The highest BCUT2D eigenvalue weighted by atomic mass is 79.9. The number of rotatable bonds is 19. The molecule has 0 saturated carbocycles. The maximum atomic E-state index is 13.5. The Balaban J connectivity index is 0.000000251. The van der Waals surface area contributed by atoms with Gasteiger partial charge in [-0.15, -0.1) is 26.3 Å². The van der Waals surface area contributed by atoms with E-state index in [1.165, 1.54) is 41.7 Å². The van der Waals surface area contributed by atoms with Crippen molar-refractivity contribution >= 4 is 39.5 Å². The summed E-state index contributed by atoms with van der Waals surface area (Å²) in [6.07, 6.45) is -2.79. The van der Waals surface area contributed by atoms with Crippen LogP contribution in [0.5, 0.6) is 23.0 Å². The molecule has 3 heterocycles. The monoisotopic (exact) mass is 1150 g/mol. The van der Waals surface area contributed by atoms with E-state index in [1.54, 1.807) is 72.8 Å². The van der Waals surface area contributed by atoms with E-state index >= 15 is 0 Å². The fourth-order valence-corrected chi connectivity index (χ4v) is 9.16. The van der Waals surface area contributed by atoms with Gasteiger partial charge in [-0.05, 0) is 124 Å². The van der Waals surface area contributed by atoms with E-state index in [2.05, 4.69) is 35.7 Å². The fourth-order valence-electron chi connectivity index (χ4n) is 8.65. The summed E-state index contributed by atoms with van der Waals surface area (Å²) in [7, 11) is 0. The summed E-state index contributed by atoms with van der Waals surface area (Å²) >= 11 is 3.08. The maximum absolute atomic E-state index is 13.5. The lowest BCUT2D eigenvalue weighted by molar-refractivity contribution is -0.275. The largest absolute Gasteiger partial charge is 0.573 e. The zero-order valence-corrected chi connectivity index (χ0v) is 41.6. The Bertz CT molecular complexity index is 3080. The minimum Gasteiger partial charge on any atom is -0.489 e. The van der Waals surface area contributed by atoms with E-state index < -0.39 is 48.6 Å². The summed E-state index contributed by atoms with van der Waals surface area (Å²) in [6, 6.07) is 35.0. The average molecular weight is 1150 g/mol. The quantitative estimate of drug-likeness (QED) is 0.0759. The molecule has 78 heavy (non-hydrogen) atoms. The van der Waals surface area contributed by atoms with Gasteiger partial charge in [0, 0.05) is 36.0 Å². The number of carboxylic acids is 1. The summed E-state index contributed by atoms with van der Waals surface area (Å²) in [4.78, 5) is 38.4. The van der Waals surface area contributed by atoms with Crippen LogP contribution < -0.4 is 18.9 Å². The van der Waals surface area contributed by atoms with Gasteiger partial charge >= 0.3 is 24.8 Å². The Morgan fingerprint density at radius 1 is 0.692 bits per heavy atom. The number of carbonyl (C=O) groups excluding carboxylic acids is 2. The first kappa shape index (κ1) is 59.2. The van der Waals surface area contributed by atoms with Crippen LogP contribution in [0.25, 0.3) is 5.57 Å². The second kappa shape index (κ2) is 26.8. The van der Waals surface area contributed by atoms with Crippen molar-refractivity contribution in [2.45, 2.75) is 97.2 Å². The summed E-state index contributed by atoms with van der Waals surface area (Å²) in [5.74, 6) is -1.85. The average Bonchev–Trinajstić information content (AvgIpc) is 4.27. The minimum absolute atomic E-state index is 0. The molecule has 5 aromatic carbocycles. The van der Waals surface area contributed by atoms with Crippen molar-refractivity contribution < 1.29 is 78.6 Å². The SMILES string of the molecule is C.C.O=C(C[C@@H](c1ccc(OCc2ccc(OC(F)(F)F)c(Br)c2)cc1)c1ccon1)N1C(=O)OC[C@@H]1Cc1ccccc1.O=C(O)C[C@@H](c1ccc(OCc2ccc(OC(F)(F)F)c(C3=CCCC3)c2)cc1)c1ccon1. The lowest BCUT2D eigenvalue weighted by Gasteiger charge is -2.22. The van der Waals surface area contributed by atoms with Crippen molar-refractivity contribution in [3.8, 4) is 23.0 Å². The number of aromatic nitrogens is 2. The number of amides is 2. The molecular weight excluding hydrogens is 1100 g/mol. The number of aliphatic carboxylic acids is 1. The van der Waals surface area contributed by atoms with Gasteiger partial charge in [0.15, 0.2) is 0 Å². The van der Waals surface area contributed by atoms with Crippen LogP contribution in [-0.2, 0) is 34.0 Å². The van der Waals surface area contributed by atoms with Crippen molar-refractivity contribution in [3.63, 3.8) is 0 Å². The summed E-state index contributed by atoms with van der Waals surface area (Å²) in [5, 5.41) is 17.1. The minimum atomic E-state index is -4.79. The van der Waals surface area contributed by atoms with Gasteiger partial charge in [-0.3, -0.25) is 9.59 Å². The van der Waals surface area contributed by atoms with Gasteiger partial charge in [0.1, 0.15) is 55.3 Å². The van der Waals surface area contributed by atoms with Crippen LogP contribution in [0, 0.1) is 0 Å². The number of nitrogens with zero attached hydrogens (tertiary/aromatic N) is 3. The maximum Gasteiger partial charge on any atom is 0.573 e. The third kappa shape index (κ3) is 16.5. The molecule has 2 amide bonds. The zero-order valence-electron chi connectivity index (χ0n) is 40.0. The van der Waals surface area contributed by atoms with E-state index in [9.17, 15) is 45.8 Å². The highest BCUT2D eigenvalue weighted by molar-refractivity contribution is 9.10. The third-order valence-electron chi connectivity index (χ3n) is 12.2. The Morgan fingerprint density at radius 3 is 1.73 bits per heavy atom. The van der Waals surface area contributed by atoms with Crippen LogP contribution >= 0.6 is 15.9 Å². The lowest BCUT2D eigenvalue weighted by atomic mass is 9.91. The summed E-state index contributed by atoms with van der Waals surface area (Å²) < 4.78 is 111. The standard InChI is InChI=1S/C30H24BrF3N2O6.C25H22F3NO5.2CH4/c31-25-15-20(6-11-27(25)42-30(32,33)34)17-39-23-9-7-21(8-10-23)24(26-12-13-41-35-26)16-28(37)36-22(18-40-29(36)38)14-19-4-2-1-3-5-19;26-25(27,28)34-23-10-5-16(13-21(23)17-3-1-2-4-17)15-32-19-8-6-18(7-9-19)20(14-24(30)31)22-11-12-33-29-22;;/h1-13,15,22,24H,14,16-18H2;3,5-13,20H,1-2,4,14-15H2,(H,30,31);2*1H4/t22-,24-;20-;;/m00../s1. The number of benzene rings is 5. The molecule has 412 valence electrons. The number of ether oxygens (including phenoxy) is 5. The summed E-state index contributed by atoms with van der Waals surface area (Å²) in [5.41, 5.74) is 6.10. The number of hydrogen-bond donors (Lipinski definition) is 1. The van der Waals surface area contributed by atoms with Crippen molar-refractivity contribution in [3.05, 3.63) is 195 Å². The van der Waals surface area contributed by atoms with Crippen LogP contribution in [0.3, 0.4) is 0 Å². The fraction of sp³-hybridized carbons (Fsp3) is 0.281. The van der Waals surface area contributed by atoms with Crippen LogP contribution in [0.15, 0.2) is 160 Å². The molecule has 9 rings (SSSR count). The molecular formula is C57H54BrF6N3O11. The highest BCUT2D eigenvalue weighted by Gasteiger charge is 2.39. The first-order valence-electron chi connectivity index (χ1n) is 23.6. The van der Waals surface area contributed by atoms with E-state index in [-0.39, 0.29) is 63.5 Å². The third-order valence-corrected chi connectivity index (χ3v) is 12.8. The van der Waals surface area contributed by atoms with E-state index in [4.69, 9.17) is 23.3 Å². The number of carbonyl (C=O) groups is 3. The number of alkyl halides is 6. The molecule has 1 fully saturated rings. The molecule has 1 aliphatic carbocycles. The van der Waals surface area contributed by atoms with Gasteiger partial charge in [0.25, 0.3) is 0 Å². The Labute approximate surface area is 453 Å². The van der Waals surface area contributed by atoms with Gasteiger partial charge in [-0.1, -0.05) is 98.0 Å². The molecule has 0 radical (unpaired) electrons. The molecule has 0 bridgehead atoms. The number of hydrogen-bond acceptors (Lipinski definition) is 12. The molecule has 0 unspecified atom stereocenters. The topological polar surface area (TPSA) is 173 Å². The second-order valence-corrected chi connectivity index (χ2v) is 18.3. The van der Waals surface area contributed by atoms with Crippen LogP contribution in [0.1, 0.15) is 104 Å². The molecule has 3 atom stereocenters. The molecule has 1 N–H and O–H groups in total. The van der Waals surface area contributed by atoms with E-state index in [0.29, 0.717) is 52.4 Å². The molecule has 0 spiro atoms.